The lowest BCUT2D eigenvalue weighted by atomic mass is 10.2. The first-order valence-corrected chi connectivity index (χ1v) is 8.28. The van der Waals surface area contributed by atoms with Gasteiger partial charge in [-0.25, -0.2) is 0 Å². The van der Waals surface area contributed by atoms with Crippen LogP contribution >= 0.6 is 0 Å². The number of carbonyl (C=O) groups is 1. The number of carbonyl (C=O) groups excluding carboxylic acids is 1. The van der Waals surface area contributed by atoms with Crippen molar-refractivity contribution in [1.29, 1.82) is 0 Å². The van der Waals surface area contributed by atoms with Gasteiger partial charge in [-0.2, -0.15) is 4.98 Å². The standard InChI is InChI=1S/C18H16N4O4/c1-11-9-13(23)10-15(25-11)18(24)22-8-2-3-14(22)17-20-16(21-26-17)12-4-6-19-7-5-12/h4-7,9-10,14H,2-3,8H2,1H3/t14-/m0/s1. The molecule has 8 heteroatoms. The molecule has 0 aliphatic carbocycles. The second kappa shape index (κ2) is 6.55. The fourth-order valence-electron chi connectivity index (χ4n) is 3.11. The van der Waals surface area contributed by atoms with E-state index in [0.717, 1.165) is 12.0 Å². The van der Waals surface area contributed by atoms with E-state index in [2.05, 4.69) is 15.1 Å². The Bertz CT molecular complexity index is 996. The monoisotopic (exact) mass is 352 g/mol. The zero-order valence-electron chi connectivity index (χ0n) is 14.1. The molecule has 1 saturated heterocycles. The predicted octanol–water partition coefficient (Wildman–Crippen LogP) is 2.37. The lowest BCUT2D eigenvalue weighted by molar-refractivity contribution is 0.0673. The molecule has 0 spiro atoms. The van der Waals surface area contributed by atoms with Crippen LogP contribution in [0.5, 0.6) is 0 Å². The minimum absolute atomic E-state index is 0.0239. The third-order valence-corrected chi connectivity index (χ3v) is 4.28. The summed E-state index contributed by atoms with van der Waals surface area (Å²) in [4.78, 5) is 34.5. The molecule has 0 radical (unpaired) electrons. The summed E-state index contributed by atoms with van der Waals surface area (Å²) in [5.41, 5.74) is 0.529. The fourth-order valence-corrected chi connectivity index (χ4v) is 3.11. The van der Waals surface area contributed by atoms with Gasteiger partial charge in [0, 0.05) is 36.6 Å². The zero-order chi connectivity index (χ0) is 18.1. The van der Waals surface area contributed by atoms with Crippen LogP contribution in [0.25, 0.3) is 11.4 Å². The lowest BCUT2D eigenvalue weighted by Crippen LogP contribution is -2.31. The Hall–Kier alpha value is -3.29. The molecule has 0 aromatic carbocycles. The quantitative estimate of drug-likeness (QED) is 0.713. The molecule has 0 bridgehead atoms. The van der Waals surface area contributed by atoms with Gasteiger partial charge in [-0.05, 0) is 31.9 Å². The smallest absolute Gasteiger partial charge is 0.290 e. The third-order valence-electron chi connectivity index (χ3n) is 4.28. The van der Waals surface area contributed by atoms with E-state index in [9.17, 15) is 9.59 Å². The Morgan fingerprint density at radius 2 is 2.08 bits per heavy atom. The SMILES string of the molecule is Cc1cc(=O)cc(C(=O)N2CCC[C@H]2c2nc(-c3ccncc3)no2)o1. The Labute approximate surface area is 148 Å². The maximum absolute atomic E-state index is 12.8. The summed E-state index contributed by atoms with van der Waals surface area (Å²) in [7, 11) is 0. The van der Waals surface area contributed by atoms with E-state index in [-0.39, 0.29) is 23.1 Å². The Morgan fingerprint density at radius 1 is 1.27 bits per heavy atom. The highest BCUT2D eigenvalue weighted by atomic mass is 16.5. The van der Waals surface area contributed by atoms with Crippen LogP contribution in [0.15, 0.2) is 50.4 Å². The first-order valence-electron chi connectivity index (χ1n) is 8.28. The molecule has 132 valence electrons. The van der Waals surface area contributed by atoms with Crippen molar-refractivity contribution in [2.75, 3.05) is 6.54 Å². The molecule has 3 aromatic heterocycles. The van der Waals surface area contributed by atoms with Crippen molar-refractivity contribution >= 4 is 5.91 Å². The fraction of sp³-hybridized carbons (Fsp3) is 0.278. The van der Waals surface area contributed by atoms with Gasteiger partial charge in [-0.3, -0.25) is 14.6 Å². The number of aromatic nitrogens is 3. The summed E-state index contributed by atoms with van der Waals surface area (Å²) in [6, 6.07) is 5.79. The number of aryl methyl sites for hydroxylation is 1. The molecule has 8 nitrogen and oxygen atoms in total. The van der Waals surface area contributed by atoms with Crippen LogP contribution in [0.2, 0.25) is 0 Å². The summed E-state index contributed by atoms with van der Waals surface area (Å²) in [5.74, 6) is 0.892. The van der Waals surface area contributed by atoms with Gasteiger partial charge in [-0.1, -0.05) is 5.16 Å². The molecule has 1 aliphatic rings. The second-order valence-electron chi connectivity index (χ2n) is 6.12. The molecular weight excluding hydrogens is 336 g/mol. The molecule has 4 rings (SSSR count). The predicted molar refractivity (Wildman–Crippen MR) is 90.3 cm³/mol. The van der Waals surface area contributed by atoms with E-state index in [1.807, 2.05) is 0 Å². The van der Waals surface area contributed by atoms with Crippen LogP contribution in [-0.4, -0.2) is 32.5 Å². The van der Waals surface area contributed by atoms with Crippen molar-refractivity contribution in [3.8, 4) is 11.4 Å². The van der Waals surface area contributed by atoms with Gasteiger partial charge in [0.2, 0.25) is 11.7 Å². The number of pyridine rings is 1. The highest BCUT2D eigenvalue weighted by molar-refractivity contribution is 5.91. The Morgan fingerprint density at radius 3 is 2.85 bits per heavy atom. The lowest BCUT2D eigenvalue weighted by Gasteiger charge is -2.21. The highest BCUT2D eigenvalue weighted by Crippen LogP contribution is 2.33. The van der Waals surface area contributed by atoms with E-state index in [0.29, 0.717) is 30.4 Å². The molecule has 1 aliphatic heterocycles. The normalized spacial score (nSPS) is 16.8. The van der Waals surface area contributed by atoms with Gasteiger partial charge in [-0.15, -0.1) is 0 Å². The largest absolute Gasteiger partial charge is 0.456 e. The minimum atomic E-state index is -0.350. The summed E-state index contributed by atoms with van der Waals surface area (Å²) in [6.45, 7) is 2.17. The molecule has 1 amide bonds. The summed E-state index contributed by atoms with van der Waals surface area (Å²) >= 11 is 0. The average molecular weight is 352 g/mol. The molecule has 3 aromatic rings. The number of likely N-dealkylation sites (tertiary alicyclic amines) is 1. The van der Waals surface area contributed by atoms with Gasteiger partial charge in [0.05, 0.1) is 0 Å². The van der Waals surface area contributed by atoms with Crippen molar-refractivity contribution in [3.63, 3.8) is 0 Å². The number of hydrogen-bond donors (Lipinski definition) is 0. The first kappa shape index (κ1) is 16.2. The van der Waals surface area contributed by atoms with Crippen LogP contribution in [0.1, 0.15) is 41.1 Å². The molecule has 0 unspecified atom stereocenters. The molecule has 0 N–H and O–H groups in total. The summed E-state index contributed by atoms with van der Waals surface area (Å²) in [5, 5.41) is 4.00. The summed E-state index contributed by atoms with van der Waals surface area (Å²) in [6.07, 6.45) is 4.81. The van der Waals surface area contributed by atoms with Crippen molar-refractivity contribution in [2.45, 2.75) is 25.8 Å². The molecular formula is C18H16N4O4. The van der Waals surface area contributed by atoms with Gasteiger partial charge >= 0.3 is 0 Å². The van der Waals surface area contributed by atoms with Gasteiger partial charge in [0.1, 0.15) is 11.8 Å². The Balaban J connectivity index is 1.62. The van der Waals surface area contributed by atoms with E-state index in [1.165, 1.54) is 12.1 Å². The van der Waals surface area contributed by atoms with Gasteiger partial charge in [0.25, 0.3) is 5.91 Å². The highest BCUT2D eigenvalue weighted by Gasteiger charge is 2.35. The zero-order valence-corrected chi connectivity index (χ0v) is 14.1. The molecule has 1 atom stereocenters. The maximum Gasteiger partial charge on any atom is 0.290 e. The van der Waals surface area contributed by atoms with Crippen LogP contribution in [-0.2, 0) is 0 Å². The summed E-state index contributed by atoms with van der Waals surface area (Å²) < 4.78 is 10.8. The second-order valence-corrected chi connectivity index (χ2v) is 6.12. The first-order chi connectivity index (χ1) is 12.6. The van der Waals surface area contributed by atoms with Gasteiger partial charge < -0.3 is 13.8 Å². The van der Waals surface area contributed by atoms with E-state index < -0.39 is 0 Å². The maximum atomic E-state index is 12.8. The Kier molecular flexibility index (Phi) is 4.08. The number of hydrogen-bond acceptors (Lipinski definition) is 7. The third kappa shape index (κ3) is 3.01. The molecule has 0 saturated carbocycles. The number of amides is 1. The molecule has 26 heavy (non-hydrogen) atoms. The minimum Gasteiger partial charge on any atom is -0.456 e. The van der Waals surface area contributed by atoms with Crippen molar-refractivity contribution in [2.24, 2.45) is 0 Å². The van der Waals surface area contributed by atoms with E-state index in [4.69, 9.17) is 8.94 Å². The van der Waals surface area contributed by atoms with Crippen LogP contribution < -0.4 is 5.43 Å². The average Bonchev–Trinajstić information content (AvgIpc) is 3.30. The van der Waals surface area contributed by atoms with Crippen LogP contribution in [0.4, 0.5) is 0 Å². The van der Waals surface area contributed by atoms with E-state index >= 15 is 0 Å². The number of rotatable bonds is 3. The van der Waals surface area contributed by atoms with E-state index in [1.54, 1.807) is 36.4 Å². The van der Waals surface area contributed by atoms with Crippen LogP contribution in [0.3, 0.4) is 0 Å². The topological polar surface area (TPSA) is 102 Å². The van der Waals surface area contributed by atoms with Crippen molar-refractivity contribution in [1.82, 2.24) is 20.0 Å². The van der Waals surface area contributed by atoms with Gasteiger partial charge in [0.15, 0.2) is 11.2 Å². The van der Waals surface area contributed by atoms with Crippen molar-refractivity contribution in [3.05, 3.63) is 64.3 Å². The van der Waals surface area contributed by atoms with Crippen LogP contribution in [0, 0.1) is 6.92 Å². The molecule has 1 fully saturated rings. The number of nitrogens with zero attached hydrogens (tertiary/aromatic N) is 4. The van der Waals surface area contributed by atoms with Crippen molar-refractivity contribution < 1.29 is 13.7 Å². The molecule has 4 heterocycles.